The molecule has 0 spiro atoms. The molecular formula is C16H23NO3. The molecule has 1 N–H and O–H groups in total. The SMILES string of the molecule is CCCOc1ccc(C(=O)C2COCC2NCC)cc1. The Kier molecular flexibility index (Phi) is 5.56. The van der Waals surface area contributed by atoms with Gasteiger partial charge in [0.25, 0.3) is 0 Å². The lowest BCUT2D eigenvalue weighted by molar-refractivity contribution is 0.0891. The molecule has 0 saturated carbocycles. The summed E-state index contributed by atoms with van der Waals surface area (Å²) < 4.78 is 11.0. The van der Waals surface area contributed by atoms with Gasteiger partial charge in [0.15, 0.2) is 5.78 Å². The molecule has 1 aliphatic rings. The van der Waals surface area contributed by atoms with Crippen LogP contribution in [0.3, 0.4) is 0 Å². The standard InChI is InChI=1S/C16H23NO3/c1-3-9-20-13-7-5-12(6-8-13)16(18)14-10-19-11-15(14)17-4-2/h5-8,14-15,17H,3-4,9-11H2,1-2H3. The third-order valence-electron chi connectivity index (χ3n) is 3.50. The first-order valence-corrected chi connectivity index (χ1v) is 7.34. The van der Waals surface area contributed by atoms with Crippen LogP contribution >= 0.6 is 0 Å². The van der Waals surface area contributed by atoms with Gasteiger partial charge in [-0.25, -0.2) is 0 Å². The maximum absolute atomic E-state index is 12.5. The number of ketones is 1. The summed E-state index contributed by atoms with van der Waals surface area (Å²) in [5, 5.41) is 3.31. The molecule has 4 nitrogen and oxygen atoms in total. The first kappa shape index (κ1) is 15.0. The predicted molar refractivity (Wildman–Crippen MR) is 78.3 cm³/mol. The number of benzene rings is 1. The average molecular weight is 277 g/mol. The number of Topliss-reactive ketones (excluding diaryl/α,β-unsaturated/α-hetero) is 1. The van der Waals surface area contributed by atoms with Crippen molar-refractivity contribution < 1.29 is 14.3 Å². The molecule has 0 bridgehead atoms. The van der Waals surface area contributed by atoms with Gasteiger partial charge in [-0.05, 0) is 37.2 Å². The molecule has 2 atom stereocenters. The third-order valence-corrected chi connectivity index (χ3v) is 3.50. The average Bonchev–Trinajstić information content (AvgIpc) is 2.93. The van der Waals surface area contributed by atoms with E-state index in [1.807, 2.05) is 31.2 Å². The quantitative estimate of drug-likeness (QED) is 0.777. The van der Waals surface area contributed by atoms with Gasteiger partial charge in [-0.2, -0.15) is 0 Å². The molecule has 20 heavy (non-hydrogen) atoms. The molecule has 0 radical (unpaired) electrons. The second-order valence-electron chi connectivity index (χ2n) is 5.05. The molecule has 0 amide bonds. The van der Waals surface area contributed by atoms with E-state index in [4.69, 9.17) is 9.47 Å². The highest BCUT2D eigenvalue weighted by Gasteiger charge is 2.33. The van der Waals surface area contributed by atoms with E-state index < -0.39 is 0 Å². The van der Waals surface area contributed by atoms with Gasteiger partial charge in [0.1, 0.15) is 5.75 Å². The second-order valence-corrected chi connectivity index (χ2v) is 5.05. The molecule has 1 fully saturated rings. The van der Waals surface area contributed by atoms with Crippen LogP contribution in [0.15, 0.2) is 24.3 Å². The van der Waals surface area contributed by atoms with Crippen molar-refractivity contribution in [1.82, 2.24) is 5.32 Å². The Balaban J connectivity index is 2.01. The van der Waals surface area contributed by atoms with Gasteiger partial charge in [-0.15, -0.1) is 0 Å². The minimum Gasteiger partial charge on any atom is -0.494 e. The molecular weight excluding hydrogens is 254 g/mol. The van der Waals surface area contributed by atoms with Crippen LogP contribution in [0.1, 0.15) is 30.6 Å². The van der Waals surface area contributed by atoms with Crippen LogP contribution in [0, 0.1) is 5.92 Å². The number of likely N-dealkylation sites (N-methyl/N-ethyl adjacent to an activating group) is 1. The van der Waals surface area contributed by atoms with Crippen LogP contribution in [0.4, 0.5) is 0 Å². The highest BCUT2D eigenvalue weighted by atomic mass is 16.5. The number of ether oxygens (including phenoxy) is 2. The highest BCUT2D eigenvalue weighted by molar-refractivity contribution is 5.98. The van der Waals surface area contributed by atoms with Crippen molar-refractivity contribution in [3.05, 3.63) is 29.8 Å². The van der Waals surface area contributed by atoms with Crippen molar-refractivity contribution in [2.24, 2.45) is 5.92 Å². The van der Waals surface area contributed by atoms with Gasteiger partial charge in [-0.3, -0.25) is 4.79 Å². The Morgan fingerprint density at radius 2 is 2.05 bits per heavy atom. The number of nitrogens with one attached hydrogen (secondary N) is 1. The monoisotopic (exact) mass is 277 g/mol. The van der Waals surface area contributed by atoms with E-state index in [0.29, 0.717) is 19.8 Å². The molecule has 0 aromatic heterocycles. The van der Waals surface area contributed by atoms with Gasteiger partial charge in [0.2, 0.25) is 0 Å². The molecule has 1 aliphatic heterocycles. The largest absolute Gasteiger partial charge is 0.494 e. The zero-order valence-corrected chi connectivity index (χ0v) is 12.2. The van der Waals surface area contributed by atoms with Gasteiger partial charge in [0, 0.05) is 11.6 Å². The maximum Gasteiger partial charge on any atom is 0.169 e. The van der Waals surface area contributed by atoms with Crippen LogP contribution < -0.4 is 10.1 Å². The smallest absolute Gasteiger partial charge is 0.169 e. The molecule has 4 heteroatoms. The zero-order chi connectivity index (χ0) is 14.4. The minimum absolute atomic E-state index is 0.0858. The lowest BCUT2D eigenvalue weighted by Gasteiger charge is -2.17. The van der Waals surface area contributed by atoms with Crippen LogP contribution in [0.5, 0.6) is 5.75 Å². The van der Waals surface area contributed by atoms with Crippen molar-refractivity contribution in [3.63, 3.8) is 0 Å². The van der Waals surface area contributed by atoms with E-state index in [0.717, 1.165) is 24.3 Å². The van der Waals surface area contributed by atoms with E-state index in [-0.39, 0.29) is 17.7 Å². The molecule has 0 aliphatic carbocycles. The summed E-state index contributed by atoms with van der Waals surface area (Å²) in [6, 6.07) is 7.54. The summed E-state index contributed by atoms with van der Waals surface area (Å²) in [7, 11) is 0. The normalized spacial score (nSPS) is 21.9. The number of hydrogen-bond acceptors (Lipinski definition) is 4. The molecule has 1 aromatic carbocycles. The topological polar surface area (TPSA) is 47.6 Å². The van der Waals surface area contributed by atoms with Crippen LogP contribution in [-0.4, -0.2) is 38.2 Å². The Morgan fingerprint density at radius 3 is 2.70 bits per heavy atom. The fraction of sp³-hybridized carbons (Fsp3) is 0.562. The Bertz CT molecular complexity index is 430. The van der Waals surface area contributed by atoms with E-state index in [1.165, 1.54) is 0 Å². The van der Waals surface area contributed by atoms with Crippen molar-refractivity contribution in [2.45, 2.75) is 26.3 Å². The van der Waals surface area contributed by atoms with E-state index >= 15 is 0 Å². The zero-order valence-electron chi connectivity index (χ0n) is 12.2. The summed E-state index contributed by atoms with van der Waals surface area (Å²) in [6.07, 6.45) is 0.977. The van der Waals surface area contributed by atoms with Crippen molar-refractivity contribution >= 4 is 5.78 Å². The summed E-state index contributed by atoms with van der Waals surface area (Å²) in [4.78, 5) is 12.5. The Labute approximate surface area is 120 Å². The highest BCUT2D eigenvalue weighted by Crippen LogP contribution is 2.21. The molecule has 2 unspecified atom stereocenters. The van der Waals surface area contributed by atoms with Crippen LogP contribution in [-0.2, 0) is 4.74 Å². The number of rotatable bonds is 7. The van der Waals surface area contributed by atoms with E-state index in [1.54, 1.807) is 0 Å². The molecule has 1 heterocycles. The van der Waals surface area contributed by atoms with Crippen LogP contribution in [0.25, 0.3) is 0 Å². The molecule has 1 aromatic rings. The van der Waals surface area contributed by atoms with E-state index in [9.17, 15) is 4.79 Å². The van der Waals surface area contributed by atoms with Crippen molar-refractivity contribution in [1.29, 1.82) is 0 Å². The maximum atomic E-state index is 12.5. The van der Waals surface area contributed by atoms with Crippen molar-refractivity contribution in [2.75, 3.05) is 26.4 Å². The third kappa shape index (κ3) is 3.58. The summed E-state index contributed by atoms with van der Waals surface area (Å²) in [5.74, 6) is 0.877. The number of carbonyl (C=O) groups is 1. The first-order chi connectivity index (χ1) is 9.76. The summed E-state index contributed by atoms with van der Waals surface area (Å²) in [5.41, 5.74) is 0.729. The summed E-state index contributed by atoms with van der Waals surface area (Å²) in [6.45, 7) is 6.78. The fourth-order valence-corrected chi connectivity index (χ4v) is 2.43. The van der Waals surface area contributed by atoms with Gasteiger partial charge in [0.05, 0.1) is 25.7 Å². The van der Waals surface area contributed by atoms with Gasteiger partial charge < -0.3 is 14.8 Å². The molecule has 110 valence electrons. The summed E-state index contributed by atoms with van der Waals surface area (Å²) >= 11 is 0. The number of hydrogen-bond donors (Lipinski definition) is 1. The fourth-order valence-electron chi connectivity index (χ4n) is 2.43. The lowest BCUT2D eigenvalue weighted by Crippen LogP contribution is -2.39. The predicted octanol–water partition coefficient (Wildman–Crippen LogP) is 2.28. The van der Waals surface area contributed by atoms with Crippen molar-refractivity contribution in [3.8, 4) is 5.75 Å². The Hall–Kier alpha value is -1.39. The second kappa shape index (κ2) is 7.41. The lowest BCUT2D eigenvalue weighted by atomic mass is 9.93. The first-order valence-electron chi connectivity index (χ1n) is 7.34. The van der Waals surface area contributed by atoms with Gasteiger partial charge in [-0.1, -0.05) is 13.8 Å². The van der Waals surface area contributed by atoms with Crippen LogP contribution in [0.2, 0.25) is 0 Å². The Morgan fingerprint density at radius 1 is 1.30 bits per heavy atom. The minimum atomic E-state index is -0.0858. The number of carbonyl (C=O) groups excluding carboxylic acids is 1. The molecule has 2 rings (SSSR count). The van der Waals surface area contributed by atoms with Gasteiger partial charge >= 0.3 is 0 Å². The van der Waals surface area contributed by atoms with E-state index in [2.05, 4.69) is 12.2 Å². The molecule has 1 saturated heterocycles.